The first kappa shape index (κ1) is 10.2. The van der Waals surface area contributed by atoms with E-state index in [1.807, 2.05) is 0 Å². The molecule has 0 saturated heterocycles. The van der Waals surface area contributed by atoms with E-state index in [0.29, 0.717) is 23.3 Å². The first-order chi connectivity index (χ1) is 6.67. The minimum absolute atomic E-state index is 0.221. The minimum atomic E-state index is -0.221. The number of benzene rings is 1. The molecule has 0 aliphatic rings. The molecule has 0 atom stereocenters. The molecular formula is C10H11NO3. The smallest absolute Gasteiger partial charge is 0.221 e. The number of hydrogen-bond acceptors (Lipinski definition) is 3. The molecule has 4 heteroatoms. The predicted molar refractivity (Wildman–Crippen MR) is 52.7 cm³/mol. The normalized spacial score (nSPS) is 9.29. The molecule has 1 rings (SSSR count). The Morgan fingerprint density at radius 1 is 1.50 bits per heavy atom. The van der Waals surface area contributed by atoms with Gasteiger partial charge in [-0.15, -0.1) is 0 Å². The molecule has 0 aromatic heterocycles. The zero-order valence-corrected chi connectivity index (χ0v) is 8.03. The zero-order valence-electron chi connectivity index (χ0n) is 8.03. The quantitative estimate of drug-likeness (QED) is 0.739. The van der Waals surface area contributed by atoms with Crippen LogP contribution in [0.25, 0.3) is 0 Å². The SMILES string of the molecule is COc1ccc(C=O)c(NC(C)=O)c1. The van der Waals surface area contributed by atoms with Crippen LogP contribution in [0.5, 0.6) is 5.75 Å². The highest BCUT2D eigenvalue weighted by molar-refractivity contribution is 5.95. The highest BCUT2D eigenvalue weighted by Crippen LogP contribution is 2.20. The Hall–Kier alpha value is -1.84. The molecule has 0 saturated carbocycles. The first-order valence-corrected chi connectivity index (χ1v) is 4.08. The fraction of sp³-hybridized carbons (Fsp3) is 0.200. The van der Waals surface area contributed by atoms with E-state index in [0.717, 1.165) is 0 Å². The third kappa shape index (κ3) is 2.32. The van der Waals surface area contributed by atoms with Gasteiger partial charge in [-0.2, -0.15) is 0 Å². The Morgan fingerprint density at radius 2 is 2.21 bits per heavy atom. The van der Waals surface area contributed by atoms with Crippen molar-refractivity contribution in [1.82, 2.24) is 0 Å². The highest BCUT2D eigenvalue weighted by atomic mass is 16.5. The van der Waals surface area contributed by atoms with Crippen molar-refractivity contribution in [3.63, 3.8) is 0 Å². The van der Waals surface area contributed by atoms with Gasteiger partial charge in [0.2, 0.25) is 5.91 Å². The second-order valence-corrected chi connectivity index (χ2v) is 2.75. The molecule has 0 aliphatic heterocycles. The van der Waals surface area contributed by atoms with E-state index < -0.39 is 0 Å². The van der Waals surface area contributed by atoms with E-state index in [1.165, 1.54) is 14.0 Å². The Labute approximate surface area is 81.9 Å². The third-order valence-electron chi connectivity index (χ3n) is 1.70. The van der Waals surface area contributed by atoms with Crippen LogP contribution in [0.4, 0.5) is 5.69 Å². The van der Waals surface area contributed by atoms with Crippen LogP contribution in [0.15, 0.2) is 18.2 Å². The number of hydrogen-bond donors (Lipinski definition) is 1. The number of nitrogens with one attached hydrogen (secondary N) is 1. The molecule has 1 amide bonds. The summed E-state index contributed by atoms with van der Waals surface area (Å²) >= 11 is 0. The molecule has 1 aromatic carbocycles. The minimum Gasteiger partial charge on any atom is -0.497 e. The lowest BCUT2D eigenvalue weighted by Gasteiger charge is -2.07. The molecule has 0 unspecified atom stereocenters. The summed E-state index contributed by atoms with van der Waals surface area (Å²) in [5, 5.41) is 2.55. The van der Waals surface area contributed by atoms with Crippen molar-refractivity contribution in [2.75, 3.05) is 12.4 Å². The van der Waals surface area contributed by atoms with Gasteiger partial charge >= 0.3 is 0 Å². The lowest BCUT2D eigenvalue weighted by Crippen LogP contribution is -2.08. The van der Waals surface area contributed by atoms with Crippen LogP contribution in [0.1, 0.15) is 17.3 Å². The first-order valence-electron chi connectivity index (χ1n) is 4.08. The molecule has 0 heterocycles. The fourth-order valence-electron chi connectivity index (χ4n) is 1.06. The maximum atomic E-state index is 10.8. The number of methoxy groups -OCH3 is 1. The number of carbonyl (C=O) groups is 2. The van der Waals surface area contributed by atoms with Crippen LogP contribution in [0.2, 0.25) is 0 Å². The maximum absolute atomic E-state index is 10.8. The Balaban J connectivity index is 3.07. The summed E-state index contributed by atoms with van der Waals surface area (Å²) in [5.41, 5.74) is 0.896. The second-order valence-electron chi connectivity index (χ2n) is 2.75. The molecule has 0 aliphatic carbocycles. The van der Waals surface area contributed by atoms with E-state index in [9.17, 15) is 9.59 Å². The standard InChI is InChI=1S/C10H11NO3/c1-7(13)11-10-5-9(14-2)4-3-8(10)6-12/h3-6H,1-2H3,(H,11,13). The molecule has 1 aromatic rings. The lowest BCUT2D eigenvalue weighted by molar-refractivity contribution is -0.114. The molecule has 14 heavy (non-hydrogen) atoms. The zero-order chi connectivity index (χ0) is 10.6. The average Bonchev–Trinajstić information content (AvgIpc) is 2.16. The van der Waals surface area contributed by atoms with Crippen LogP contribution in [-0.2, 0) is 4.79 Å². The van der Waals surface area contributed by atoms with Gasteiger partial charge in [0, 0.05) is 18.6 Å². The van der Waals surface area contributed by atoms with Crippen LogP contribution in [0, 0.1) is 0 Å². The summed E-state index contributed by atoms with van der Waals surface area (Å²) in [6.45, 7) is 1.38. The largest absolute Gasteiger partial charge is 0.497 e. The van der Waals surface area contributed by atoms with Gasteiger partial charge < -0.3 is 10.1 Å². The molecule has 4 nitrogen and oxygen atoms in total. The molecule has 0 spiro atoms. The summed E-state index contributed by atoms with van der Waals surface area (Å²) in [5.74, 6) is 0.376. The van der Waals surface area contributed by atoms with Gasteiger partial charge in [0.05, 0.1) is 12.8 Å². The highest BCUT2D eigenvalue weighted by Gasteiger charge is 2.04. The van der Waals surface area contributed by atoms with Crippen molar-refractivity contribution >= 4 is 17.9 Å². The molecule has 0 fully saturated rings. The predicted octanol–water partition coefficient (Wildman–Crippen LogP) is 1.47. The van der Waals surface area contributed by atoms with Crippen LogP contribution in [-0.4, -0.2) is 19.3 Å². The maximum Gasteiger partial charge on any atom is 0.221 e. The van der Waals surface area contributed by atoms with E-state index in [4.69, 9.17) is 4.74 Å². The Kier molecular flexibility index (Phi) is 3.23. The monoisotopic (exact) mass is 193 g/mol. The molecular weight excluding hydrogens is 182 g/mol. The molecule has 0 radical (unpaired) electrons. The van der Waals surface area contributed by atoms with Gasteiger partial charge in [-0.25, -0.2) is 0 Å². The van der Waals surface area contributed by atoms with Crippen molar-refractivity contribution < 1.29 is 14.3 Å². The number of aldehydes is 1. The van der Waals surface area contributed by atoms with Crippen molar-refractivity contribution in [2.45, 2.75) is 6.92 Å². The Morgan fingerprint density at radius 3 is 2.71 bits per heavy atom. The van der Waals surface area contributed by atoms with Crippen molar-refractivity contribution in [2.24, 2.45) is 0 Å². The van der Waals surface area contributed by atoms with Crippen LogP contribution < -0.4 is 10.1 Å². The lowest BCUT2D eigenvalue weighted by atomic mass is 10.2. The van der Waals surface area contributed by atoms with Gasteiger partial charge in [0.15, 0.2) is 6.29 Å². The van der Waals surface area contributed by atoms with Gasteiger partial charge in [0.25, 0.3) is 0 Å². The van der Waals surface area contributed by atoms with E-state index in [-0.39, 0.29) is 5.91 Å². The van der Waals surface area contributed by atoms with E-state index in [2.05, 4.69) is 5.32 Å². The van der Waals surface area contributed by atoms with Crippen LogP contribution >= 0.6 is 0 Å². The summed E-state index contributed by atoms with van der Waals surface area (Å²) in [4.78, 5) is 21.4. The number of anilines is 1. The van der Waals surface area contributed by atoms with Gasteiger partial charge in [-0.1, -0.05) is 0 Å². The fourth-order valence-corrected chi connectivity index (χ4v) is 1.06. The average molecular weight is 193 g/mol. The summed E-state index contributed by atoms with van der Waals surface area (Å²) < 4.78 is 4.97. The van der Waals surface area contributed by atoms with Crippen LogP contribution in [0.3, 0.4) is 0 Å². The second kappa shape index (κ2) is 4.41. The number of carbonyl (C=O) groups excluding carboxylic acids is 2. The Bertz CT molecular complexity index is 360. The number of ether oxygens (including phenoxy) is 1. The van der Waals surface area contributed by atoms with Gasteiger partial charge in [0.1, 0.15) is 5.75 Å². The number of rotatable bonds is 3. The topological polar surface area (TPSA) is 55.4 Å². The molecule has 1 N–H and O–H groups in total. The molecule has 74 valence electrons. The van der Waals surface area contributed by atoms with Gasteiger partial charge in [-0.3, -0.25) is 9.59 Å². The van der Waals surface area contributed by atoms with E-state index >= 15 is 0 Å². The third-order valence-corrected chi connectivity index (χ3v) is 1.70. The summed E-state index contributed by atoms with van der Waals surface area (Å²) in [6, 6.07) is 4.86. The van der Waals surface area contributed by atoms with E-state index in [1.54, 1.807) is 18.2 Å². The molecule has 0 bridgehead atoms. The summed E-state index contributed by atoms with van der Waals surface area (Å²) in [6.07, 6.45) is 0.685. The summed E-state index contributed by atoms with van der Waals surface area (Å²) in [7, 11) is 1.52. The van der Waals surface area contributed by atoms with Gasteiger partial charge in [-0.05, 0) is 12.1 Å². The number of amides is 1. The van der Waals surface area contributed by atoms with Crippen molar-refractivity contribution in [3.8, 4) is 5.75 Å². The van der Waals surface area contributed by atoms with Crippen molar-refractivity contribution in [1.29, 1.82) is 0 Å². The van der Waals surface area contributed by atoms with Crippen molar-refractivity contribution in [3.05, 3.63) is 23.8 Å².